The number of hydrogen-bond acceptors (Lipinski definition) is 3. The second-order valence-electron chi connectivity index (χ2n) is 10.3. The van der Waals surface area contributed by atoms with Gasteiger partial charge in [-0.05, 0) is 74.3 Å². The van der Waals surface area contributed by atoms with Crippen molar-refractivity contribution in [2.45, 2.75) is 5.41 Å². The lowest BCUT2D eigenvalue weighted by molar-refractivity contribution is 0.667. The Morgan fingerprint density at radius 2 is 1.13 bits per heavy atom. The number of fused-ring (bicyclic) bond motifs is 13. The summed E-state index contributed by atoms with van der Waals surface area (Å²) >= 11 is 6.48. The van der Waals surface area contributed by atoms with Crippen LogP contribution in [0.4, 0.5) is 0 Å². The third-order valence-corrected chi connectivity index (χ3v) is 8.63. The topological polar surface area (TPSA) is 38.9 Å². The summed E-state index contributed by atoms with van der Waals surface area (Å²) in [6, 6.07) is 41.0. The molecule has 0 saturated carbocycles. The van der Waals surface area contributed by atoms with Crippen molar-refractivity contribution in [3.8, 4) is 33.5 Å². The standard InChI is InChI=1S/C35H19ClN2O/c36-34-37-31(33-32(38-34)24-12-4-8-16-30(24)39-33)20-17-18-29-25(19-20)23-11-3-7-15-28(23)35(29)26-13-5-1-9-21(26)22-10-2-6-14-27(22)35/h1-19H. The number of nitrogens with zero attached hydrogens (tertiary/aromatic N) is 2. The number of furan rings is 1. The predicted octanol–water partition coefficient (Wildman–Crippen LogP) is 9.04. The molecule has 0 N–H and O–H groups in total. The molecular weight excluding hydrogens is 500 g/mol. The van der Waals surface area contributed by atoms with Crippen LogP contribution in [0.15, 0.2) is 120 Å². The molecule has 2 aliphatic rings. The number of para-hydroxylation sites is 1. The maximum atomic E-state index is 6.48. The molecule has 39 heavy (non-hydrogen) atoms. The Hall–Kier alpha value is -4.73. The van der Waals surface area contributed by atoms with Crippen molar-refractivity contribution in [3.05, 3.63) is 143 Å². The van der Waals surface area contributed by atoms with Gasteiger partial charge >= 0.3 is 0 Å². The highest BCUT2D eigenvalue weighted by Gasteiger charge is 2.51. The largest absolute Gasteiger partial charge is 0.452 e. The second kappa shape index (κ2) is 7.43. The lowest BCUT2D eigenvalue weighted by atomic mass is 9.70. The smallest absolute Gasteiger partial charge is 0.223 e. The van der Waals surface area contributed by atoms with Crippen LogP contribution in [0.1, 0.15) is 22.3 Å². The summed E-state index contributed by atoms with van der Waals surface area (Å²) in [5.41, 5.74) is 13.7. The van der Waals surface area contributed by atoms with Gasteiger partial charge in [-0.25, -0.2) is 9.97 Å². The minimum atomic E-state index is -0.365. The van der Waals surface area contributed by atoms with Gasteiger partial charge in [0.25, 0.3) is 0 Å². The first-order chi connectivity index (χ1) is 19.2. The second-order valence-corrected chi connectivity index (χ2v) is 10.6. The minimum Gasteiger partial charge on any atom is -0.452 e. The van der Waals surface area contributed by atoms with E-state index in [1.807, 2.05) is 24.3 Å². The summed E-state index contributed by atoms with van der Waals surface area (Å²) in [5, 5.41) is 1.14. The molecule has 0 atom stereocenters. The maximum absolute atomic E-state index is 6.48. The fourth-order valence-electron chi connectivity index (χ4n) is 7.01. The van der Waals surface area contributed by atoms with E-state index in [1.54, 1.807) is 0 Å². The van der Waals surface area contributed by atoms with Crippen LogP contribution in [0.25, 0.3) is 55.6 Å². The summed E-state index contributed by atoms with van der Waals surface area (Å²) in [6.45, 7) is 0. The van der Waals surface area contributed by atoms with E-state index in [1.165, 1.54) is 44.5 Å². The number of benzene rings is 5. The summed E-state index contributed by atoms with van der Waals surface area (Å²) in [4.78, 5) is 9.20. The first-order valence-corrected chi connectivity index (χ1v) is 13.4. The number of rotatable bonds is 1. The molecule has 3 nitrogen and oxygen atoms in total. The lowest BCUT2D eigenvalue weighted by Crippen LogP contribution is -2.25. The molecule has 5 aromatic carbocycles. The van der Waals surface area contributed by atoms with Gasteiger partial charge in [-0.2, -0.15) is 0 Å². The van der Waals surface area contributed by atoms with E-state index < -0.39 is 0 Å². The van der Waals surface area contributed by atoms with Gasteiger partial charge in [0, 0.05) is 10.9 Å². The molecule has 0 unspecified atom stereocenters. The van der Waals surface area contributed by atoms with Gasteiger partial charge in [0.15, 0.2) is 5.58 Å². The summed E-state index contributed by atoms with van der Waals surface area (Å²) in [6.07, 6.45) is 0. The van der Waals surface area contributed by atoms with Crippen molar-refractivity contribution in [2.24, 2.45) is 0 Å². The van der Waals surface area contributed by atoms with E-state index in [0.29, 0.717) is 11.3 Å². The molecule has 0 bridgehead atoms. The third kappa shape index (κ3) is 2.58. The Morgan fingerprint density at radius 3 is 1.82 bits per heavy atom. The van der Waals surface area contributed by atoms with E-state index in [9.17, 15) is 0 Å². The summed E-state index contributed by atoms with van der Waals surface area (Å²) in [5.74, 6) is 0. The van der Waals surface area contributed by atoms with Crippen LogP contribution in [0, 0.1) is 0 Å². The highest BCUT2D eigenvalue weighted by Crippen LogP contribution is 2.62. The predicted molar refractivity (Wildman–Crippen MR) is 156 cm³/mol. The van der Waals surface area contributed by atoms with Gasteiger partial charge in [0.2, 0.25) is 5.28 Å². The molecule has 9 rings (SSSR count). The van der Waals surface area contributed by atoms with Crippen molar-refractivity contribution in [1.29, 1.82) is 0 Å². The molecule has 1 spiro atoms. The van der Waals surface area contributed by atoms with Gasteiger partial charge in [0.05, 0.1) is 5.41 Å². The molecule has 0 amide bonds. The van der Waals surface area contributed by atoms with Crippen LogP contribution < -0.4 is 0 Å². The monoisotopic (exact) mass is 518 g/mol. The Labute approximate surface area is 229 Å². The lowest BCUT2D eigenvalue weighted by Gasteiger charge is -2.30. The van der Waals surface area contributed by atoms with Crippen LogP contribution in [-0.2, 0) is 5.41 Å². The van der Waals surface area contributed by atoms with Gasteiger partial charge in [-0.1, -0.05) is 97.1 Å². The molecule has 7 aromatic rings. The number of aromatic nitrogens is 2. The fraction of sp³-hybridized carbons (Fsp3) is 0.0286. The van der Waals surface area contributed by atoms with E-state index >= 15 is 0 Å². The molecule has 182 valence electrons. The van der Waals surface area contributed by atoms with Gasteiger partial charge in [0.1, 0.15) is 16.8 Å². The first kappa shape index (κ1) is 21.2. The normalized spacial score (nSPS) is 14.0. The highest BCUT2D eigenvalue weighted by atomic mass is 35.5. The molecule has 2 aromatic heterocycles. The maximum Gasteiger partial charge on any atom is 0.223 e. The van der Waals surface area contributed by atoms with Gasteiger partial charge < -0.3 is 4.42 Å². The molecule has 0 radical (unpaired) electrons. The average molecular weight is 519 g/mol. The van der Waals surface area contributed by atoms with E-state index in [4.69, 9.17) is 16.0 Å². The molecule has 0 saturated heterocycles. The first-order valence-electron chi connectivity index (χ1n) is 13.0. The van der Waals surface area contributed by atoms with Gasteiger partial charge in [-0.15, -0.1) is 0 Å². The Balaban J connectivity index is 1.37. The highest BCUT2D eigenvalue weighted by molar-refractivity contribution is 6.29. The van der Waals surface area contributed by atoms with Crippen LogP contribution in [0.3, 0.4) is 0 Å². The average Bonchev–Trinajstić information content (AvgIpc) is 3.61. The minimum absolute atomic E-state index is 0.208. The molecular formula is C35H19ClN2O. The van der Waals surface area contributed by atoms with E-state index in [2.05, 4.69) is 101 Å². The number of hydrogen-bond donors (Lipinski definition) is 0. The Bertz CT molecular complexity index is 2110. The van der Waals surface area contributed by atoms with Crippen molar-refractivity contribution in [2.75, 3.05) is 0 Å². The zero-order chi connectivity index (χ0) is 25.7. The van der Waals surface area contributed by atoms with Crippen LogP contribution in [0.5, 0.6) is 0 Å². The zero-order valence-electron chi connectivity index (χ0n) is 20.7. The fourth-order valence-corrected chi connectivity index (χ4v) is 7.18. The van der Waals surface area contributed by atoms with E-state index in [0.717, 1.165) is 22.0 Å². The van der Waals surface area contributed by atoms with Gasteiger partial charge in [-0.3, -0.25) is 0 Å². The quantitative estimate of drug-likeness (QED) is 0.203. The molecule has 0 aliphatic heterocycles. The molecule has 4 heteroatoms. The molecule has 0 fully saturated rings. The van der Waals surface area contributed by atoms with Crippen molar-refractivity contribution in [3.63, 3.8) is 0 Å². The zero-order valence-corrected chi connectivity index (χ0v) is 21.4. The Morgan fingerprint density at radius 1 is 0.564 bits per heavy atom. The summed E-state index contributed by atoms with van der Waals surface area (Å²) < 4.78 is 6.28. The van der Waals surface area contributed by atoms with Crippen LogP contribution in [0.2, 0.25) is 5.28 Å². The van der Waals surface area contributed by atoms with Crippen LogP contribution >= 0.6 is 11.6 Å². The number of halogens is 1. The van der Waals surface area contributed by atoms with Crippen molar-refractivity contribution in [1.82, 2.24) is 9.97 Å². The van der Waals surface area contributed by atoms with Crippen molar-refractivity contribution >= 4 is 33.7 Å². The van der Waals surface area contributed by atoms with Crippen LogP contribution in [-0.4, -0.2) is 9.97 Å². The Kier molecular flexibility index (Phi) is 4.05. The van der Waals surface area contributed by atoms with E-state index in [-0.39, 0.29) is 10.7 Å². The summed E-state index contributed by atoms with van der Waals surface area (Å²) in [7, 11) is 0. The van der Waals surface area contributed by atoms with Crippen molar-refractivity contribution < 1.29 is 4.42 Å². The SMILES string of the molecule is Clc1nc(-c2ccc3c(c2)-c2ccccc2C32c3ccccc3-c3ccccc32)c2oc3ccccc3c2n1. The molecule has 2 aliphatic carbocycles. The third-order valence-electron chi connectivity index (χ3n) is 8.46. The molecule has 2 heterocycles.